The molecule has 1 atom stereocenters. The molecule has 2 aromatic rings. The van der Waals surface area contributed by atoms with E-state index >= 15 is 0 Å². The molecular weight excluding hydrogens is 482 g/mol. The highest BCUT2D eigenvalue weighted by atomic mass is 79.9. The molecule has 0 aromatic heterocycles. The summed E-state index contributed by atoms with van der Waals surface area (Å²) in [5.74, 6) is 0.0947. The molecule has 2 aromatic carbocycles. The highest BCUT2D eigenvalue weighted by Gasteiger charge is 2.57. The fourth-order valence-corrected chi connectivity index (χ4v) is 4.58. The number of hydrogen-bond donors (Lipinski definition) is 0. The van der Waals surface area contributed by atoms with Crippen LogP contribution in [0.1, 0.15) is 31.9 Å². The SMILES string of the molecule is C=CC[N+]1(C(C)(C)C)CC(c2ccc(Br)cc2)(c2ccc(Br)cc2)OCC1=O. The van der Waals surface area contributed by atoms with Crippen LogP contribution in [0, 0.1) is 0 Å². The molecule has 28 heavy (non-hydrogen) atoms. The minimum Gasteiger partial charge on any atom is -0.345 e. The lowest BCUT2D eigenvalue weighted by atomic mass is 9.81. The van der Waals surface area contributed by atoms with Crippen molar-refractivity contribution in [1.29, 1.82) is 0 Å². The number of halogens is 2. The molecule has 3 nitrogen and oxygen atoms in total. The molecule has 0 saturated carbocycles. The van der Waals surface area contributed by atoms with Crippen molar-refractivity contribution in [3.05, 3.63) is 81.3 Å². The van der Waals surface area contributed by atoms with Gasteiger partial charge in [0.25, 0.3) is 0 Å². The summed E-state index contributed by atoms with van der Waals surface area (Å²) in [6.45, 7) is 11.5. The van der Waals surface area contributed by atoms with Crippen LogP contribution in [0.5, 0.6) is 0 Å². The fourth-order valence-electron chi connectivity index (χ4n) is 4.05. The molecule has 5 heteroatoms. The van der Waals surface area contributed by atoms with E-state index in [1.807, 2.05) is 30.3 Å². The Bertz CT molecular complexity index is 823. The van der Waals surface area contributed by atoms with Crippen LogP contribution in [0.15, 0.2) is 70.1 Å². The minimum absolute atomic E-state index is 0.0667. The van der Waals surface area contributed by atoms with Crippen LogP contribution in [-0.4, -0.2) is 35.6 Å². The van der Waals surface area contributed by atoms with Gasteiger partial charge < -0.3 is 4.74 Å². The molecule has 0 N–H and O–H groups in total. The molecule has 0 radical (unpaired) electrons. The van der Waals surface area contributed by atoms with Crippen molar-refractivity contribution in [3.63, 3.8) is 0 Å². The van der Waals surface area contributed by atoms with Crippen LogP contribution in [0.3, 0.4) is 0 Å². The van der Waals surface area contributed by atoms with Gasteiger partial charge in [0, 0.05) is 8.95 Å². The molecule has 1 saturated heterocycles. The monoisotopic (exact) mass is 506 g/mol. The van der Waals surface area contributed by atoms with Gasteiger partial charge in [-0.05, 0) is 62.2 Å². The van der Waals surface area contributed by atoms with E-state index in [1.165, 1.54) is 0 Å². The van der Waals surface area contributed by atoms with Gasteiger partial charge in [-0.25, -0.2) is 9.28 Å². The predicted octanol–water partition coefficient (Wildman–Crippen LogP) is 5.81. The molecule has 1 unspecified atom stereocenters. The first kappa shape index (κ1) is 21.4. The second kappa shape index (κ2) is 7.86. The third-order valence-corrected chi connectivity index (χ3v) is 6.82. The second-order valence-corrected chi connectivity index (χ2v) is 10.1. The Morgan fingerprint density at radius 2 is 1.50 bits per heavy atom. The van der Waals surface area contributed by atoms with Crippen LogP contribution in [0.25, 0.3) is 0 Å². The maximum atomic E-state index is 13.2. The van der Waals surface area contributed by atoms with Gasteiger partial charge >= 0.3 is 5.91 Å². The second-order valence-electron chi connectivity index (χ2n) is 8.29. The summed E-state index contributed by atoms with van der Waals surface area (Å²) < 4.78 is 8.71. The Balaban J connectivity index is 2.24. The first-order valence-electron chi connectivity index (χ1n) is 9.32. The van der Waals surface area contributed by atoms with E-state index in [0.717, 1.165) is 20.1 Å². The van der Waals surface area contributed by atoms with Crippen LogP contribution >= 0.6 is 31.9 Å². The zero-order chi connectivity index (χ0) is 20.6. The lowest BCUT2D eigenvalue weighted by Crippen LogP contribution is -2.72. The van der Waals surface area contributed by atoms with Crippen molar-refractivity contribution in [3.8, 4) is 0 Å². The van der Waals surface area contributed by atoms with E-state index in [1.54, 1.807) is 0 Å². The number of morpholine rings is 1. The normalized spacial score (nSPS) is 22.1. The number of ether oxygens (including phenoxy) is 1. The molecule has 1 aliphatic heterocycles. The standard InChI is InChI=1S/C23H26Br2NO2/c1-5-14-26(22(2,3)4)16-23(28-15-21(26)27,17-6-10-19(24)11-7-17)18-8-12-20(25)13-9-18/h5-13H,1,14-16H2,2-4H3/q+1. The summed E-state index contributed by atoms with van der Waals surface area (Å²) in [5.41, 5.74) is 1.08. The number of carbonyl (C=O) groups is 1. The summed E-state index contributed by atoms with van der Waals surface area (Å²) in [6, 6.07) is 16.4. The van der Waals surface area contributed by atoms with Crippen molar-refractivity contribution in [2.24, 2.45) is 0 Å². The first-order chi connectivity index (χ1) is 13.1. The predicted molar refractivity (Wildman–Crippen MR) is 120 cm³/mol. The minimum atomic E-state index is -0.717. The van der Waals surface area contributed by atoms with Gasteiger partial charge in [0.2, 0.25) is 0 Å². The molecule has 3 rings (SSSR count). The molecule has 0 aliphatic carbocycles. The quantitative estimate of drug-likeness (QED) is 0.385. The topological polar surface area (TPSA) is 26.3 Å². The van der Waals surface area contributed by atoms with Crippen molar-refractivity contribution in [2.45, 2.75) is 31.9 Å². The maximum absolute atomic E-state index is 13.2. The molecule has 1 heterocycles. The number of hydrogen-bond acceptors (Lipinski definition) is 2. The van der Waals surface area contributed by atoms with Crippen LogP contribution < -0.4 is 0 Å². The number of benzene rings is 2. The zero-order valence-electron chi connectivity index (χ0n) is 16.5. The Morgan fingerprint density at radius 1 is 1.04 bits per heavy atom. The number of carbonyl (C=O) groups excluding carboxylic acids is 1. The Morgan fingerprint density at radius 3 is 1.89 bits per heavy atom. The van der Waals surface area contributed by atoms with Gasteiger partial charge in [-0.2, -0.15) is 0 Å². The zero-order valence-corrected chi connectivity index (χ0v) is 19.7. The molecule has 0 bridgehead atoms. The van der Waals surface area contributed by atoms with Gasteiger partial charge in [-0.1, -0.05) is 62.7 Å². The molecule has 1 fully saturated rings. The summed E-state index contributed by atoms with van der Waals surface area (Å²) in [6.07, 6.45) is 1.85. The summed E-state index contributed by atoms with van der Waals surface area (Å²) in [4.78, 5) is 13.2. The highest BCUT2D eigenvalue weighted by Crippen LogP contribution is 2.43. The summed E-state index contributed by atoms with van der Waals surface area (Å²) in [5, 5.41) is 0. The maximum Gasteiger partial charge on any atom is 0.340 e. The van der Waals surface area contributed by atoms with E-state index < -0.39 is 5.60 Å². The Hall–Kier alpha value is -1.27. The van der Waals surface area contributed by atoms with Gasteiger partial charge in [-0.15, -0.1) is 0 Å². The van der Waals surface area contributed by atoms with Crippen LogP contribution in [0.4, 0.5) is 0 Å². The molecular formula is C23H26Br2NO2+. The van der Waals surface area contributed by atoms with Crippen LogP contribution in [0.2, 0.25) is 0 Å². The molecule has 148 valence electrons. The third-order valence-electron chi connectivity index (χ3n) is 5.76. The smallest absolute Gasteiger partial charge is 0.340 e. The lowest BCUT2D eigenvalue weighted by Gasteiger charge is -2.53. The van der Waals surface area contributed by atoms with Crippen LogP contribution in [-0.2, 0) is 15.1 Å². The van der Waals surface area contributed by atoms with Gasteiger partial charge in [0.15, 0.2) is 12.2 Å². The largest absolute Gasteiger partial charge is 0.345 e. The average Bonchev–Trinajstić information content (AvgIpc) is 2.64. The van der Waals surface area contributed by atoms with Gasteiger partial charge in [-0.3, -0.25) is 0 Å². The van der Waals surface area contributed by atoms with Gasteiger partial charge in [0.1, 0.15) is 13.1 Å². The van der Waals surface area contributed by atoms with Crippen molar-refractivity contribution in [1.82, 2.24) is 0 Å². The number of nitrogens with zero attached hydrogens (tertiary/aromatic N) is 1. The fraction of sp³-hybridized carbons (Fsp3) is 0.348. The molecule has 1 amide bonds. The Labute approximate surface area is 184 Å². The molecule has 0 spiro atoms. The Kier molecular flexibility index (Phi) is 6.02. The summed E-state index contributed by atoms with van der Waals surface area (Å²) >= 11 is 7.05. The van der Waals surface area contributed by atoms with Gasteiger partial charge in [0.05, 0.1) is 5.54 Å². The third kappa shape index (κ3) is 3.65. The van der Waals surface area contributed by atoms with E-state index in [-0.39, 0.29) is 18.1 Å². The van der Waals surface area contributed by atoms with E-state index in [9.17, 15) is 4.79 Å². The number of rotatable bonds is 4. The average molecular weight is 508 g/mol. The first-order valence-corrected chi connectivity index (χ1v) is 10.9. The molecule has 1 aliphatic rings. The number of amides is 1. The van der Waals surface area contributed by atoms with E-state index in [0.29, 0.717) is 17.6 Å². The van der Waals surface area contributed by atoms with E-state index in [2.05, 4.69) is 83.5 Å². The van der Waals surface area contributed by atoms with E-state index in [4.69, 9.17) is 4.74 Å². The van der Waals surface area contributed by atoms with Crippen molar-refractivity contribution >= 4 is 37.8 Å². The van der Waals surface area contributed by atoms with Crippen molar-refractivity contribution in [2.75, 3.05) is 19.7 Å². The van der Waals surface area contributed by atoms with Crippen molar-refractivity contribution < 1.29 is 14.0 Å². The highest BCUT2D eigenvalue weighted by molar-refractivity contribution is 9.10. The summed E-state index contributed by atoms with van der Waals surface area (Å²) in [7, 11) is 0. The number of quaternary nitrogens is 1. The lowest BCUT2D eigenvalue weighted by molar-refractivity contribution is -0.907.